The molecule has 0 bridgehead atoms. The molecule has 1 saturated carbocycles. The summed E-state index contributed by atoms with van der Waals surface area (Å²) in [5.74, 6) is 1.18. The van der Waals surface area contributed by atoms with Gasteiger partial charge in [-0.1, -0.05) is 6.92 Å². The van der Waals surface area contributed by atoms with Crippen LogP contribution in [0.5, 0.6) is 0 Å². The molecule has 1 aliphatic rings. The molecular weight excluding hydrogens is 270 g/mol. The second kappa shape index (κ2) is 6.11. The van der Waals surface area contributed by atoms with E-state index in [0.29, 0.717) is 29.6 Å². The summed E-state index contributed by atoms with van der Waals surface area (Å²) in [6, 6.07) is 4.48. The quantitative estimate of drug-likeness (QED) is 0.646. The average Bonchev–Trinajstić information content (AvgIpc) is 3.13. The first-order valence-electron chi connectivity index (χ1n) is 7.21. The molecule has 1 fully saturated rings. The van der Waals surface area contributed by atoms with Crippen molar-refractivity contribution in [1.29, 1.82) is 0 Å². The maximum Gasteiger partial charge on any atom is 0.292 e. The zero-order valence-electron chi connectivity index (χ0n) is 12.6. The van der Waals surface area contributed by atoms with Gasteiger partial charge in [-0.3, -0.25) is 14.9 Å². The zero-order valence-corrected chi connectivity index (χ0v) is 12.6. The maximum atomic E-state index is 12.4. The molecule has 2 atom stereocenters. The summed E-state index contributed by atoms with van der Waals surface area (Å²) in [4.78, 5) is 24.6. The number of amides is 1. The second-order valence-corrected chi connectivity index (χ2v) is 5.68. The Bertz CT molecular complexity index is 559. The van der Waals surface area contributed by atoms with E-state index in [-0.39, 0.29) is 11.6 Å². The van der Waals surface area contributed by atoms with E-state index >= 15 is 0 Å². The lowest BCUT2D eigenvalue weighted by atomic mass is 10.1. The number of anilines is 1. The highest BCUT2D eigenvalue weighted by Crippen LogP contribution is 2.38. The Morgan fingerprint density at radius 2 is 2.19 bits per heavy atom. The van der Waals surface area contributed by atoms with E-state index in [9.17, 15) is 14.9 Å². The van der Waals surface area contributed by atoms with Gasteiger partial charge in [0.25, 0.3) is 11.6 Å². The molecule has 6 nitrogen and oxygen atoms in total. The standard InChI is InChI=1S/C15H21N3O3/c1-4-16-13-8-11(5-6-14(13)18(20)21)15(19)17(3)9-12-7-10(12)2/h5-6,8,10,12,16H,4,7,9H2,1-3H3. The lowest BCUT2D eigenvalue weighted by Gasteiger charge is -2.17. The Morgan fingerprint density at radius 3 is 2.71 bits per heavy atom. The summed E-state index contributed by atoms with van der Waals surface area (Å²) in [7, 11) is 1.78. The van der Waals surface area contributed by atoms with Crippen molar-refractivity contribution in [3.8, 4) is 0 Å². The van der Waals surface area contributed by atoms with Crippen LogP contribution in [0.3, 0.4) is 0 Å². The van der Waals surface area contributed by atoms with Crippen molar-refractivity contribution in [2.24, 2.45) is 11.8 Å². The van der Waals surface area contributed by atoms with Crippen LogP contribution in [0.2, 0.25) is 0 Å². The summed E-state index contributed by atoms with van der Waals surface area (Å²) < 4.78 is 0. The molecule has 21 heavy (non-hydrogen) atoms. The van der Waals surface area contributed by atoms with Gasteiger partial charge in [0.15, 0.2) is 0 Å². The van der Waals surface area contributed by atoms with E-state index in [1.807, 2.05) is 6.92 Å². The summed E-state index contributed by atoms with van der Waals surface area (Å²) >= 11 is 0. The highest BCUT2D eigenvalue weighted by atomic mass is 16.6. The van der Waals surface area contributed by atoms with Gasteiger partial charge in [-0.25, -0.2) is 0 Å². The molecule has 2 rings (SSSR count). The maximum absolute atomic E-state index is 12.4. The Balaban J connectivity index is 2.16. The molecule has 0 heterocycles. The monoisotopic (exact) mass is 291 g/mol. The second-order valence-electron chi connectivity index (χ2n) is 5.68. The van der Waals surface area contributed by atoms with Crippen molar-refractivity contribution in [2.45, 2.75) is 20.3 Å². The number of nitrogens with zero attached hydrogens (tertiary/aromatic N) is 2. The molecule has 2 unspecified atom stereocenters. The summed E-state index contributed by atoms with van der Waals surface area (Å²) in [6.07, 6.45) is 1.17. The number of nitro benzene ring substituents is 1. The Morgan fingerprint density at radius 1 is 1.52 bits per heavy atom. The van der Waals surface area contributed by atoms with Gasteiger partial charge in [0.1, 0.15) is 5.69 Å². The molecule has 114 valence electrons. The van der Waals surface area contributed by atoms with Gasteiger partial charge in [-0.2, -0.15) is 0 Å². The first-order valence-corrected chi connectivity index (χ1v) is 7.21. The third-order valence-electron chi connectivity index (χ3n) is 3.94. The largest absolute Gasteiger partial charge is 0.380 e. The number of hydrogen-bond acceptors (Lipinski definition) is 4. The lowest BCUT2D eigenvalue weighted by Crippen LogP contribution is -2.29. The van der Waals surface area contributed by atoms with E-state index in [2.05, 4.69) is 12.2 Å². The van der Waals surface area contributed by atoms with Crippen LogP contribution < -0.4 is 5.32 Å². The topological polar surface area (TPSA) is 75.5 Å². The fourth-order valence-electron chi connectivity index (χ4n) is 2.47. The van der Waals surface area contributed by atoms with Crippen LogP contribution >= 0.6 is 0 Å². The van der Waals surface area contributed by atoms with Crippen molar-refractivity contribution in [3.05, 3.63) is 33.9 Å². The fourth-order valence-corrected chi connectivity index (χ4v) is 2.47. The van der Waals surface area contributed by atoms with E-state index in [4.69, 9.17) is 0 Å². The van der Waals surface area contributed by atoms with E-state index in [1.54, 1.807) is 18.0 Å². The van der Waals surface area contributed by atoms with E-state index < -0.39 is 4.92 Å². The van der Waals surface area contributed by atoms with Gasteiger partial charge < -0.3 is 10.2 Å². The van der Waals surface area contributed by atoms with Crippen molar-refractivity contribution in [1.82, 2.24) is 4.90 Å². The first-order chi connectivity index (χ1) is 9.93. The average molecular weight is 291 g/mol. The Labute approximate surface area is 124 Å². The highest BCUT2D eigenvalue weighted by Gasteiger charge is 2.34. The summed E-state index contributed by atoms with van der Waals surface area (Å²) in [5.41, 5.74) is 0.862. The van der Waals surface area contributed by atoms with Crippen LogP contribution in [0.4, 0.5) is 11.4 Å². The van der Waals surface area contributed by atoms with Crippen molar-refractivity contribution in [3.63, 3.8) is 0 Å². The van der Waals surface area contributed by atoms with Crippen molar-refractivity contribution >= 4 is 17.3 Å². The first kappa shape index (κ1) is 15.3. The van der Waals surface area contributed by atoms with Crippen molar-refractivity contribution < 1.29 is 9.72 Å². The predicted octanol–water partition coefficient (Wildman–Crippen LogP) is 2.75. The van der Waals surface area contributed by atoms with E-state index in [1.165, 1.54) is 18.6 Å². The molecule has 0 aliphatic heterocycles. The van der Waals surface area contributed by atoms with Crippen LogP contribution in [0, 0.1) is 22.0 Å². The molecule has 1 aromatic carbocycles. The predicted molar refractivity (Wildman–Crippen MR) is 81.5 cm³/mol. The van der Waals surface area contributed by atoms with Gasteiger partial charge in [-0.05, 0) is 37.3 Å². The van der Waals surface area contributed by atoms with E-state index in [0.717, 1.165) is 6.54 Å². The minimum absolute atomic E-state index is 0.00753. The number of hydrogen-bond donors (Lipinski definition) is 1. The van der Waals surface area contributed by atoms with Crippen LogP contribution in [-0.4, -0.2) is 35.9 Å². The van der Waals surface area contributed by atoms with Crippen LogP contribution in [0.15, 0.2) is 18.2 Å². The number of nitrogens with one attached hydrogen (secondary N) is 1. The Kier molecular flexibility index (Phi) is 4.45. The molecular formula is C15H21N3O3. The zero-order chi connectivity index (χ0) is 15.6. The highest BCUT2D eigenvalue weighted by molar-refractivity contribution is 5.95. The summed E-state index contributed by atoms with van der Waals surface area (Å²) in [5, 5.41) is 13.9. The smallest absolute Gasteiger partial charge is 0.292 e. The SMILES string of the molecule is CCNc1cc(C(=O)N(C)CC2CC2C)ccc1[N+](=O)[O-]. The molecule has 1 aliphatic carbocycles. The van der Waals surface area contributed by atoms with Crippen LogP contribution in [0.1, 0.15) is 30.6 Å². The normalized spacial score (nSPS) is 20.0. The van der Waals surface area contributed by atoms with Gasteiger partial charge in [0.2, 0.25) is 0 Å². The Hall–Kier alpha value is -2.11. The number of rotatable bonds is 6. The van der Waals surface area contributed by atoms with Gasteiger partial charge in [-0.15, -0.1) is 0 Å². The number of carbonyl (C=O) groups excluding carboxylic acids is 1. The van der Waals surface area contributed by atoms with Crippen molar-refractivity contribution in [2.75, 3.05) is 25.5 Å². The fraction of sp³-hybridized carbons (Fsp3) is 0.533. The minimum atomic E-state index is -0.443. The van der Waals surface area contributed by atoms with Gasteiger partial charge in [0.05, 0.1) is 4.92 Å². The molecule has 1 N–H and O–H groups in total. The third kappa shape index (κ3) is 3.51. The molecule has 1 amide bonds. The molecule has 0 saturated heterocycles. The molecule has 0 aromatic heterocycles. The number of nitro groups is 1. The summed E-state index contributed by atoms with van der Waals surface area (Å²) in [6.45, 7) is 5.35. The molecule has 0 spiro atoms. The number of carbonyl (C=O) groups is 1. The number of benzene rings is 1. The van der Waals surface area contributed by atoms with Crippen LogP contribution in [0.25, 0.3) is 0 Å². The third-order valence-corrected chi connectivity index (χ3v) is 3.94. The molecule has 0 radical (unpaired) electrons. The minimum Gasteiger partial charge on any atom is -0.380 e. The lowest BCUT2D eigenvalue weighted by molar-refractivity contribution is -0.384. The van der Waals surface area contributed by atoms with Crippen LogP contribution in [-0.2, 0) is 0 Å². The molecule has 6 heteroatoms. The molecule has 1 aromatic rings. The van der Waals surface area contributed by atoms with Gasteiger partial charge >= 0.3 is 0 Å². The van der Waals surface area contributed by atoms with Gasteiger partial charge in [0, 0.05) is 31.8 Å².